The fourth-order valence-electron chi connectivity index (χ4n) is 5.05. The first kappa shape index (κ1) is 24.0. The van der Waals surface area contributed by atoms with E-state index in [1.165, 1.54) is 6.07 Å². The lowest BCUT2D eigenvalue weighted by Gasteiger charge is -2.17. The van der Waals surface area contributed by atoms with Gasteiger partial charge in [-0.2, -0.15) is 0 Å². The molecular weight excluding hydrogens is 472 g/mol. The number of hydrogen-bond donors (Lipinski definition) is 2. The minimum Gasteiger partial charge on any atom is -0.481 e. The van der Waals surface area contributed by atoms with Crippen molar-refractivity contribution in [1.29, 1.82) is 0 Å². The molecule has 0 saturated heterocycles. The normalized spacial score (nSPS) is 13.0. The summed E-state index contributed by atoms with van der Waals surface area (Å²) in [5.74, 6) is -2.12. The van der Waals surface area contributed by atoms with Gasteiger partial charge in [-0.3, -0.25) is 14.9 Å². The highest BCUT2D eigenvalue weighted by Crippen LogP contribution is 2.44. The number of nitrogens with zero attached hydrogens (tertiary/aromatic N) is 1. The van der Waals surface area contributed by atoms with Crippen LogP contribution in [0.2, 0.25) is 0 Å². The minimum atomic E-state index is -1.08. The lowest BCUT2D eigenvalue weighted by molar-refractivity contribution is -0.383. The predicted molar refractivity (Wildman–Crippen MR) is 139 cm³/mol. The molecule has 8 nitrogen and oxygen atoms in total. The molecule has 37 heavy (non-hydrogen) atoms. The molecule has 4 aromatic rings. The van der Waals surface area contributed by atoms with E-state index in [0.29, 0.717) is 16.3 Å². The highest BCUT2D eigenvalue weighted by Gasteiger charge is 2.29. The van der Waals surface area contributed by atoms with Gasteiger partial charge in [-0.25, -0.2) is 4.79 Å². The second-order valence-electron chi connectivity index (χ2n) is 8.99. The second-order valence-corrected chi connectivity index (χ2v) is 8.99. The minimum absolute atomic E-state index is 0.0389. The Hall–Kier alpha value is -4.72. The molecule has 8 heteroatoms. The van der Waals surface area contributed by atoms with Crippen molar-refractivity contribution >= 4 is 28.5 Å². The Morgan fingerprint density at radius 1 is 0.892 bits per heavy atom. The number of aliphatic carboxylic acids is 1. The molecule has 5 rings (SSSR count). The van der Waals surface area contributed by atoms with E-state index in [0.717, 1.165) is 22.3 Å². The maximum absolute atomic E-state index is 12.5. The summed E-state index contributed by atoms with van der Waals surface area (Å²) < 4.78 is 5.51. The Balaban J connectivity index is 1.25. The van der Waals surface area contributed by atoms with Crippen LogP contribution in [0.25, 0.3) is 21.9 Å². The van der Waals surface area contributed by atoms with Crippen LogP contribution in [0.15, 0.2) is 84.9 Å². The van der Waals surface area contributed by atoms with Gasteiger partial charge in [-0.1, -0.05) is 72.8 Å². The number of ether oxygens (including phenoxy) is 1. The van der Waals surface area contributed by atoms with Crippen LogP contribution in [0, 0.1) is 16.0 Å². The summed E-state index contributed by atoms with van der Waals surface area (Å²) in [5, 5.41) is 24.8. The maximum Gasteiger partial charge on any atom is 0.407 e. The summed E-state index contributed by atoms with van der Waals surface area (Å²) in [7, 11) is 0. The molecule has 0 heterocycles. The summed E-state index contributed by atoms with van der Waals surface area (Å²) in [4.78, 5) is 35.4. The van der Waals surface area contributed by atoms with E-state index in [1.807, 2.05) is 48.5 Å². The number of non-ortho nitro benzene ring substituents is 1. The van der Waals surface area contributed by atoms with Gasteiger partial charge in [0, 0.05) is 18.5 Å². The number of hydrogen-bond acceptors (Lipinski definition) is 5. The van der Waals surface area contributed by atoms with Crippen LogP contribution in [0.1, 0.15) is 22.6 Å². The van der Waals surface area contributed by atoms with Crippen molar-refractivity contribution in [2.75, 3.05) is 13.2 Å². The molecule has 0 radical (unpaired) electrons. The predicted octanol–water partition coefficient (Wildman–Crippen LogP) is 5.53. The SMILES string of the molecule is O=C(NC[C@H](Cc1ccc([N+](=O)[O-])c2ccccc12)C(=O)O)OCC1c2ccccc2-c2ccccc21. The van der Waals surface area contributed by atoms with Crippen molar-refractivity contribution in [3.05, 3.63) is 112 Å². The van der Waals surface area contributed by atoms with Crippen LogP contribution in [-0.2, 0) is 16.0 Å². The average molecular weight is 497 g/mol. The number of amides is 1. The van der Waals surface area contributed by atoms with Crippen molar-refractivity contribution in [2.45, 2.75) is 12.3 Å². The van der Waals surface area contributed by atoms with E-state index in [-0.39, 0.29) is 31.2 Å². The van der Waals surface area contributed by atoms with E-state index in [9.17, 15) is 24.8 Å². The first-order valence-electron chi connectivity index (χ1n) is 11.9. The molecule has 1 amide bonds. The third kappa shape index (κ3) is 4.73. The van der Waals surface area contributed by atoms with Gasteiger partial charge in [0.05, 0.1) is 16.2 Å². The van der Waals surface area contributed by atoms with Crippen molar-refractivity contribution in [2.24, 2.45) is 5.92 Å². The number of nitro benzene ring substituents is 1. The summed E-state index contributed by atoms with van der Waals surface area (Å²) in [6.45, 7) is -0.0120. The lowest BCUT2D eigenvalue weighted by Crippen LogP contribution is -2.35. The third-order valence-corrected chi connectivity index (χ3v) is 6.84. The molecule has 1 aliphatic carbocycles. The Morgan fingerprint density at radius 2 is 1.49 bits per heavy atom. The number of benzene rings is 4. The van der Waals surface area contributed by atoms with Crippen molar-refractivity contribution < 1.29 is 24.4 Å². The van der Waals surface area contributed by atoms with Gasteiger partial charge in [0.2, 0.25) is 0 Å². The molecule has 0 unspecified atom stereocenters. The van der Waals surface area contributed by atoms with Gasteiger partial charge in [0.15, 0.2) is 0 Å². The summed E-state index contributed by atoms with van der Waals surface area (Å²) in [6.07, 6.45) is -0.598. The number of fused-ring (bicyclic) bond motifs is 4. The first-order chi connectivity index (χ1) is 17.9. The van der Waals surface area contributed by atoms with Gasteiger partial charge >= 0.3 is 12.1 Å². The van der Waals surface area contributed by atoms with Crippen LogP contribution < -0.4 is 5.32 Å². The van der Waals surface area contributed by atoms with Gasteiger partial charge in [0.1, 0.15) is 6.61 Å². The Kier molecular flexibility index (Phi) is 6.55. The quantitative estimate of drug-likeness (QED) is 0.245. The molecule has 0 bridgehead atoms. The number of carbonyl (C=O) groups excluding carboxylic acids is 1. The zero-order chi connectivity index (χ0) is 25.9. The fraction of sp³-hybridized carbons (Fsp3) is 0.172. The Labute approximate surface area is 212 Å². The molecule has 0 saturated carbocycles. The molecule has 4 aromatic carbocycles. The average Bonchev–Trinajstić information content (AvgIpc) is 3.23. The molecular formula is C29H24N2O6. The molecule has 1 atom stereocenters. The Morgan fingerprint density at radius 3 is 2.11 bits per heavy atom. The molecule has 0 spiro atoms. The summed E-state index contributed by atoms with van der Waals surface area (Å²) in [5.41, 5.74) is 5.03. The molecule has 0 aromatic heterocycles. The topological polar surface area (TPSA) is 119 Å². The zero-order valence-electron chi connectivity index (χ0n) is 19.8. The molecule has 1 aliphatic rings. The van der Waals surface area contributed by atoms with Gasteiger partial charge in [-0.05, 0) is 45.7 Å². The summed E-state index contributed by atoms with van der Waals surface area (Å²) in [6, 6.07) is 25.8. The summed E-state index contributed by atoms with van der Waals surface area (Å²) >= 11 is 0. The second kappa shape index (κ2) is 10.1. The smallest absolute Gasteiger partial charge is 0.407 e. The first-order valence-corrected chi connectivity index (χ1v) is 11.9. The highest BCUT2D eigenvalue weighted by atomic mass is 16.6. The van der Waals surface area contributed by atoms with Crippen LogP contribution >= 0.6 is 0 Å². The van der Waals surface area contributed by atoms with Gasteiger partial charge in [0.25, 0.3) is 5.69 Å². The highest BCUT2D eigenvalue weighted by molar-refractivity contribution is 5.93. The number of carboxylic acids is 1. The van der Waals surface area contributed by atoms with Crippen LogP contribution in [0.4, 0.5) is 10.5 Å². The van der Waals surface area contributed by atoms with Gasteiger partial charge < -0.3 is 15.2 Å². The number of nitro groups is 1. The number of rotatable bonds is 8. The van der Waals surface area contributed by atoms with Crippen LogP contribution in [0.5, 0.6) is 0 Å². The molecule has 186 valence electrons. The monoisotopic (exact) mass is 496 g/mol. The van der Waals surface area contributed by atoms with E-state index >= 15 is 0 Å². The van der Waals surface area contributed by atoms with E-state index < -0.39 is 22.9 Å². The van der Waals surface area contributed by atoms with E-state index in [1.54, 1.807) is 30.3 Å². The number of nitrogens with one attached hydrogen (secondary N) is 1. The molecule has 0 aliphatic heterocycles. The third-order valence-electron chi connectivity index (χ3n) is 6.84. The maximum atomic E-state index is 12.5. The molecule has 0 fully saturated rings. The van der Waals surface area contributed by atoms with Crippen molar-refractivity contribution in [1.82, 2.24) is 5.32 Å². The number of carbonyl (C=O) groups is 2. The Bertz CT molecular complexity index is 1470. The number of carboxylic acid groups (broad SMARTS) is 1. The van der Waals surface area contributed by atoms with Gasteiger partial charge in [-0.15, -0.1) is 0 Å². The molecule has 2 N–H and O–H groups in total. The lowest BCUT2D eigenvalue weighted by atomic mass is 9.94. The van der Waals surface area contributed by atoms with Crippen molar-refractivity contribution in [3.8, 4) is 11.1 Å². The fourth-order valence-corrected chi connectivity index (χ4v) is 5.05. The van der Waals surface area contributed by atoms with Crippen LogP contribution in [-0.4, -0.2) is 35.2 Å². The van der Waals surface area contributed by atoms with E-state index in [2.05, 4.69) is 5.32 Å². The standard InChI is InChI=1S/C29H24N2O6/c32-28(33)19(15-18-13-14-27(31(35)36)25-12-6-1-7-20(18)25)16-30-29(34)37-17-26-23-10-4-2-8-21(23)22-9-3-5-11-24(22)26/h1-14,19,26H,15-17H2,(H,30,34)(H,32,33)/t19-/m0/s1. The van der Waals surface area contributed by atoms with Crippen LogP contribution in [0.3, 0.4) is 0 Å². The largest absolute Gasteiger partial charge is 0.481 e. The zero-order valence-corrected chi connectivity index (χ0v) is 19.8. The van der Waals surface area contributed by atoms with E-state index in [4.69, 9.17) is 4.74 Å². The number of alkyl carbamates (subject to hydrolysis) is 1. The van der Waals surface area contributed by atoms with Crippen molar-refractivity contribution in [3.63, 3.8) is 0 Å².